The molecule has 1 saturated heterocycles. The van der Waals surface area contributed by atoms with Gasteiger partial charge in [-0.05, 0) is 51.7 Å². The lowest BCUT2D eigenvalue weighted by Gasteiger charge is -2.27. The van der Waals surface area contributed by atoms with Crippen molar-refractivity contribution in [3.05, 3.63) is 35.8 Å². The Morgan fingerprint density at radius 3 is 2.70 bits per heavy atom. The summed E-state index contributed by atoms with van der Waals surface area (Å²) in [7, 11) is 0. The Balaban J connectivity index is 1.58. The van der Waals surface area contributed by atoms with Gasteiger partial charge in [0, 0.05) is 61.3 Å². The lowest BCUT2D eigenvalue weighted by atomic mass is 10.0. The van der Waals surface area contributed by atoms with Gasteiger partial charge in [-0.2, -0.15) is 18.3 Å². The first kappa shape index (κ1) is 21.3. The van der Waals surface area contributed by atoms with Crippen LogP contribution in [0.4, 0.5) is 13.2 Å². The summed E-state index contributed by atoms with van der Waals surface area (Å²) in [5.41, 5.74) is 1.34. The van der Waals surface area contributed by atoms with Crippen molar-refractivity contribution in [2.45, 2.75) is 63.7 Å². The molecular formula is C22H29F3N4O. The second-order valence-electron chi connectivity index (χ2n) is 8.62. The Hall–Kier alpha value is -1.93. The van der Waals surface area contributed by atoms with E-state index in [9.17, 15) is 13.2 Å². The average Bonchev–Trinajstić information content (AvgIpc) is 3.28. The molecule has 2 fully saturated rings. The van der Waals surface area contributed by atoms with Crippen LogP contribution in [0.25, 0.3) is 11.3 Å². The first-order chi connectivity index (χ1) is 14.3. The Bertz CT molecular complexity index is 856. The molecule has 2 aromatic rings. The van der Waals surface area contributed by atoms with Gasteiger partial charge in [0.25, 0.3) is 0 Å². The van der Waals surface area contributed by atoms with Gasteiger partial charge in [-0.15, -0.1) is 0 Å². The minimum atomic E-state index is -4.41. The Morgan fingerprint density at radius 1 is 1.10 bits per heavy atom. The summed E-state index contributed by atoms with van der Waals surface area (Å²) < 4.78 is 46.9. The van der Waals surface area contributed by atoms with E-state index in [0.717, 1.165) is 69.9 Å². The first-order valence-corrected chi connectivity index (χ1v) is 10.8. The van der Waals surface area contributed by atoms with Gasteiger partial charge < -0.3 is 4.74 Å². The number of halogens is 3. The van der Waals surface area contributed by atoms with Crippen LogP contribution in [-0.4, -0.2) is 52.0 Å². The number of hydrogen-bond donors (Lipinski definition) is 0. The van der Waals surface area contributed by atoms with E-state index in [-0.39, 0.29) is 6.04 Å². The van der Waals surface area contributed by atoms with Gasteiger partial charge in [-0.3, -0.25) is 14.6 Å². The highest BCUT2D eigenvalue weighted by atomic mass is 19.4. The maximum atomic E-state index is 13.1. The number of aromatic nitrogens is 3. The first-order valence-electron chi connectivity index (χ1n) is 10.8. The summed E-state index contributed by atoms with van der Waals surface area (Å²) in [4.78, 5) is 6.35. The van der Waals surface area contributed by atoms with Crippen LogP contribution in [0.3, 0.4) is 0 Å². The summed E-state index contributed by atoms with van der Waals surface area (Å²) in [6.45, 7) is 7.79. The maximum Gasteiger partial charge on any atom is 0.417 e. The molecule has 0 unspecified atom stereocenters. The van der Waals surface area contributed by atoms with Crippen LogP contribution in [0.15, 0.2) is 24.5 Å². The predicted octanol–water partition coefficient (Wildman–Crippen LogP) is 4.90. The fraction of sp³-hybridized carbons (Fsp3) is 0.636. The van der Waals surface area contributed by atoms with Crippen molar-refractivity contribution < 1.29 is 17.9 Å². The fourth-order valence-electron chi connectivity index (χ4n) is 4.69. The Kier molecular flexibility index (Phi) is 6.16. The molecule has 30 heavy (non-hydrogen) atoms. The van der Waals surface area contributed by atoms with Crippen LogP contribution in [0.1, 0.15) is 62.7 Å². The van der Waals surface area contributed by atoms with Crippen molar-refractivity contribution in [2.24, 2.45) is 0 Å². The topological polar surface area (TPSA) is 43.2 Å². The zero-order valence-corrected chi connectivity index (χ0v) is 17.5. The van der Waals surface area contributed by atoms with Crippen molar-refractivity contribution >= 4 is 0 Å². The molecule has 0 amide bonds. The van der Waals surface area contributed by atoms with E-state index >= 15 is 0 Å². The summed E-state index contributed by atoms with van der Waals surface area (Å²) in [6, 6.07) is 3.78. The van der Waals surface area contributed by atoms with Crippen molar-refractivity contribution in [3.8, 4) is 11.3 Å². The smallest absolute Gasteiger partial charge is 0.380 e. The molecule has 164 valence electrons. The van der Waals surface area contributed by atoms with Crippen molar-refractivity contribution in [3.63, 3.8) is 0 Å². The number of ether oxygens (including phenoxy) is 1. The Labute approximate surface area is 175 Å². The monoisotopic (exact) mass is 422 g/mol. The van der Waals surface area contributed by atoms with Gasteiger partial charge in [0.2, 0.25) is 0 Å². The third-order valence-corrected chi connectivity index (χ3v) is 6.21. The molecule has 3 heterocycles. The molecule has 2 atom stereocenters. The summed E-state index contributed by atoms with van der Waals surface area (Å²) in [6.07, 6.45) is 2.23. The molecule has 1 aliphatic heterocycles. The lowest BCUT2D eigenvalue weighted by molar-refractivity contribution is -0.137. The van der Waals surface area contributed by atoms with Crippen LogP contribution in [0.5, 0.6) is 0 Å². The molecule has 5 nitrogen and oxygen atoms in total. The van der Waals surface area contributed by atoms with Gasteiger partial charge in [0.15, 0.2) is 0 Å². The second-order valence-corrected chi connectivity index (χ2v) is 8.62. The highest BCUT2D eigenvalue weighted by Crippen LogP contribution is 2.40. The quantitative estimate of drug-likeness (QED) is 0.703. The minimum absolute atomic E-state index is 0.137. The van der Waals surface area contributed by atoms with Crippen LogP contribution in [-0.2, 0) is 10.9 Å². The normalized spacial score (nSPS) is 23.8. The van der Waals surface area contributed by atoms with Crippen molar-refractivity contribution in [1.29, 1.82) is 0 Å². The second kappa shape index (κ2) is 8.67. The van der Waals surface area contributed by atoms with E-state index in [1.54, 1.807) is 0 Å². The SMILES string of the molecule is CC(C)n1nc(-c2cncc(C(F)(F)F)c2)cc1[C@@H]1CC[C@H](N2CCCOCC2)C1. The van der Waals surface area contributed by atoms with E-state index in [4.69, 9.17) is 4.74 Å². The molecule has 8 heteroatoms. The lowest BCUT2D eigenvalue weighted by Crippen LogP contribution is -2.35. The average molecular weight is 422 g/mol. The molecule has 4 rings (SSSR count). The predicted molar refractivity (Wildman–Crippen MR) is 108 cm³/mol. The highest BCUT2D eigenvalue weighted by Gasteiger charge is 2.34. The van der Waals surface area contributed by atoms with E-state index < -0.39 is 11.7 Å². The standard InChI is InChI=1S/C22H29F3N4O/c1-15(2)29-21(16-4-5-19(11-16)28-6-3-8-30-9-7-28)12-20(27-29)17-10-18(14-26-13-17)22(23,24)25/h10,12-16,19H,3-9,11H2,1-2H3/t16-,19+/m1/s1. The number of pyridine rings is 1. The van der Waals surface area contributed by atoms with E-state index in [1.807, 2.05) is 10.7 Å². The van der Waals surface area contributed by atoms with Crippen LogP contribution >= 0.6 is 0 Å². The van der Waals surface area contributed by atoms with Gasteiger partial charge in [-0.1, -0.05) is 0 Å². The maximum absolute atomic E-state index is 13.1. The zero-order valence-electron chi connectivity index (χ0n) is 17.5. The van der Waals surface area contributed by atoms with E-state index in [2.05, 4.69) is 28.8 Å². The van der Waals surface area contributed by atoms with Crippen LogP contribution in [0.2, 0.25) is 0 Å². The summed E-state index contributed by atoms with van der Waals surface area (Å²) in [5, 5.41) is 4.68. The largest absolute Gasteiger partial charge is 0.417 e. The highest BCUT2D eigenvalue weighted by molar-refractivity contribution is 5.59. The number of nitrogens with zero attached hydrogens (tertiary/aromatic N) is 4. The third-order valence-electron chi connectivity index (χ3n) is 6.21. The van der Waals surface area contributed by atoms with Crippen LogP contribution < -0.4 is 0 Å². The molecular weight excluding hydrogens is 393 g/mol. The zero-order chi connectivity index (χ0) is 21.3. The summed E-state index contributed by atoms with van der Waals surface area (Å²) in [5.74, 6) is 0.363. The third kappa shape index (κ3) is 4.54. The van der Waals surface area contributed by atoms with E-state index in [1.165, 1.54) is 6.20 Å². The van der Waals surface area contributed by atoms with Gasteiger partial charge >= 0.3 is 6.18 Å². The van der Waals surface area contributed by atoms with Crippen molar-refractivity contribution in [2.75, 3.05) is 26.3 Å². The molecule has 1 aliphatic carbocycles. The molecule has 0 bridgehead atoms. The van der Waals surface area contributed by atoms with Gasteiger partial charge in [0.05, 0.1) is 17.9 Å². The molecule has 0 aromatic carbocycles. The molecule has 1 saturated carbocycles. The van der Waals surface area contributed by atoms with Crippen LogP contribution in [0, 0.1) is 0 Å². The molecule has 2 aliphatic rings. The molecule has 0 radical (unpaired) electrons. The molecule has 2 aromatic heterocycles. The Morgan fingerprint density at radius 2 is 1.93 bits per heavy atom. The molecule has 0 spiro atoms. The summed E-state index contributed by atoms with van der Waals surface area (Å²) >= 11 is 0. The van der Waals surface area contributed by atoms with Gasteiger partial charge in [-0.25, -0.2) is 0 Å². The number of rotatable bonds is 4. The minimum Gasteiger partial charge on any atom is -0.380 e. The molecule has 0 N–H and O–H groups in total. The van der Waals surface area contributed by atoms with E-state index in [0.29, 0.717) is 23.2 Å². The number of alkyl halides is 3. The fourth-order valence-corrected chi connectivity index (χ4v) is 4.69. The van der Waals surface area contributed by atoms with Crippen molar-refractivity contribution in [1.82, 2.24) is 19.7 Å². The van der Waals surface area contributed by atoms with Gasteiger partial charge in [0.1, 0.15) is 0 Å². The number of hydrogen-bond acceptors (Lipinski definition) is 4.